The predicted octanol–water partition coefficient (Wildman–Crippen LogP) is 8.48. The van der Waals surface area contributed by atoms with Crippen LogP contribution in [0.4, 0.5) is 24.5 Å². The quantitative estimate of drug-likeness (QED) is 0.320. The molecule has 0 radical (unpaired) electrons. The molecule has 2 aromatic rings. The summed E-state index contributed by atoms with van der Waals surface area (Å²) in [6.45, 7) is 15.4. The number of anilines is 2. The molecule has 0 amide bonds. The molecule has 1 saturated heterocycles. The first-order chi connectivity index (χ1) is 20.5. The van der Waals surface area contributed by atoms with Crippen LogP contribution in [0.15, 0.2) is 64.0 Å². The van der Waals surface area contributed by atoms with Crippen molar-refractivity contribution in [3.05, 3.63) is 70.1 Å². The molecule has 43 heavy (non-hydrogen) atoms. The molecule has 0 aromatic heterocycles. The molecule has 0 atom stereocenters. The number of methoxy groups -OCH3 is 2. The monoisotopic (exact) mass is 598 g/mol. The van der Waals surface area contributed by atoms with Gasteiger partial charge < -0.3 is 19.3 Å². The van der Waals surface area contributed by atoms with Crippen molar-refractivity contribution in [3.8, 4) is 11.5 Å². The van der Waals surface area contributed by atoms with Crippen LogP contribution in [0.2, 0.25) is 0 Å². The topological polar surface area (TPSA) is 40.5 Å². The summed E-state index contributed by atoms with van der Waals surface area (Å²) in [7, 11) is 3.16. The predicted molar refractivity (Wildman–Crippen MR) is 169 cm³/mol. The number of hydrazone groups is 1. The van der Waals surface area contributed by atoms with Crippen LogP contribution in [0.3, 0.4) is 0 Å². The summed E-state index contributed by atoms with van der Waals surface area (Å²) in [5.41, 5.74) is 5.07. The SMILES string of the molecule is CC.COc1cc(OC)cc(C2=NN(c3cc(N4CCCC4)ccc3C(F)(F)F)C(=C(C)C)C3=C2CCN3CC(C)C)c1. The summed E-state index contributed by atoms with van der Waals surface area (Å²) in [6.07, 6.45) is -1.76. The smallest absolute Gasteiger partial charge is 0.418 e. The van der Waals surface area contributed by atoms with Crippen molar-refractivity contribution in [1.29, 1.82) is 0 Å². The number of benzene rings is 2. The molecule has 0 unspecified atom stereocenters. The fraction of sp³-hybridized carbons (Fsp3) is 0.500. The molecule has 3 aliphatic heterocycles. The Labute approximate surface area is 254 Å². The second-order valence-corrected chi connectivity index (χ2v) is 11.5. The maximum Gasteiger partial charge on any atom is 0.418 e. The van der Waals surface area contributed by atoms with E-state index in [0.29, 0.717) is 28.8 Å². The van der Waals surface area contributed by atoms with Gasteiger partial charge in [0.15, 0.2) is 0 Å². The lowest BCUT2D eigenvalue weighted by Gasteiger charge is -2.36. The molecule has 5 rings (SSSR count). The van der Waals surface area contributed by atoms with E-state index in [1.54, 1.807) is 32.4 Å². The Bertz CT molecular complexity index is 1380. The molecule has 3 aliphatic rings. The molecule has 2 aromatic carbocycles. The molecule has 0 saturated carbocycles. The van der Waals surface area contributed by atoms with E-state index < -0.39 is 11.7 Å². The van der Waals surface area contributed by atoms with E-state index in [-0.39, 0.29) is 5.69 Å². The third-order valence-electron chi connectivity index (χ3n) is 7.83. The zero-order valence-corrected chi connectivity index (χ0v) is 26.7. The molecule has 1 fully saturated rings. The summed E-state index contributed by atoms with van der Waals surface area (Å²) >= 11 is 0. The molecular weight excluding hydrogens is 553 g/mol. The Balaban J connectivity index is 0.00000207. The second kappa shape index (κ2) is 13.3. The Hall–Kier alpha value is -3.62. The third-order valence-corrected chi connectivity index (χ3v) is 7.83. The lowest BCUT2D eigenvalue weighted by Crippen LogP contribution is -2.34. The third kappa shape index (κ3) is 6.65. The van der Waals surface area contributed by atoms with Gasteiger partial charge in [-0.2, -0.15) is 18.3 Å². The molecule has 3 heterocycles. The van der Waals surface area contributed by atoms with E-state index >= 15 is 0 Å². The van der Waals surface area contributed by atoms with Crippen LogP contribution in [-0.2, 0) is 6.18 Å². The van der Waals surface area contributed by atoms with Crippen molar-refractivity contribution in [2.24, 2.45) is 11.0 Å². The lowest BCUT2D eigenvalue weighted by atomic mass is 9.95. The van der Waals surface area contributed by atoms with Gasteiger partial charge in [-0.05, 0) is 74.9 Å². The van der Waals surface area contributed by atoms with Crippen LogP contribution in [-0.4, -0.2) is 51.0 Å². The van der Waals surface area contributed by atoms with Gasteiger partial charge in [0.25, 0.3) is 0 Å². The number of hydrogen-bond acceptors (Lipinski definition) is 6. The van der Waals surface area contributed by atoms with Crippen molar-refractivity contribution in [1.82, 2.24) is 4.90 Å². The van der Waals surface area contributed by atoms with Crippen molar-refractivity contribution >= 4 is 17.1 Å². The number of hydrogen-bond donors (Lipinski definition) is 0. The molecule has 0 N–H and O–H groups in total. The van der Waals surface area contributed by atoms with Gasteiger partial charge in [0.2, 0.25) is 0 Å². The van der Waals surface area contributed by atoms with Crippen LogP contribution in [0.25, 0.3) is 0 Å². The van der Waals surface area contributed by atoms with Crippen LogP contribution in [0, 0.1) is 5.92 Å². The van der Waals surface area contributed by atoms with E-state index in [4.69, 9.17) is 14.6 Å². The summed E-state index contributed by atoms with van der Waals surface area (Å²) in [5.74, 6) is 1.55. The Morgan fingerprint density at radius 1 is 0.930 bits per heavy atom. The highest BCUT2D eigenvalue weighted by molar-refractivity contribution is 6.15. The lowest BCUT2D eigenvalue weighted by molar-refractivity contribution is -0.137. The Kier molecular flexibility index (Phi) is 10.0. The maximum absolute atomic E-state index is 14.6. The minimum Gasteiger partial charge on any atom is -0.497 e. The van der Waals surface area contributed by atoms with Crippen molar-refractivity contribution in [2.75, 3.05) is 50.3 Å². The number of ether oxygens (including phenoxy) is 2. The first-order valence-corrected chi connectivity index (χ1v) is 15.3. The number of rotatable bonds is 7. The van der Waals surface area contributed by atoms with Gasteiger partial charge in [-0.15, -0.1) is 0 Å². The van der Waals surface area contributed by atoms with Crippen molar-refractivity contribution in [2.45, 2.75) is 67.0 Å². The van der Waals surface area contributed by atoms with Gasteiger partial charge in [0.1, 0.15) is 11.5 Å². The van der Waals surface area contributed by atoms with Crippen LogP contribution in [0.5, 0.6) is 11.5 Å². The van der Waals surface area contributed by atoms with Gasteiger partial charge in [-0.1, -0.05) is 27.7 Å². The van der Waals surface area contributed by atoms with E-state index in [9.17, 15) is 13.2 Å². The standard InChI is InChI=1S/C32H39F3N4O2.C2H6/c1-20(2)19-38-14-11-26-29(22-15-24(40-5)18-25(16-22)41-6)36-39(30(21(3)4)31(26)38)28-17-23(37-12-7-8-13-37)9-10-27(28)32(33,34)35;1-2/h9-10,15-18,20H,7-8,11-14,19H2,1-6H3;1-2H3. The molecule has 234 valence electrons. The van der Waals surface area contributed by atoms with E-state index in [1.165, 1.54) is 11.1 Å². The highest BCUT2D eigenvalue weighted by atomic mass is 19.4. The van der Waals surface area contributed by atoms with Gasteiger partial charge >= 0.3 is 6.18 Å². The Morgan fingerprint density at radius 2 is 1.56 bits per heavy atom. The summed E-state index contributed by atoms with van der Waals surface area (Å²) in [5, 5.41) is 6.59. The largest absolute Gasteiger partial charge is 0.497 e. The average Bonchev–Trinajstić information content (AvgIpc) is 3.67. The molecular formula is C34H45F3N4O2. The Morgan fingerprint density at radius 3 is 2.09 bits per heavy atom. The number of nitrogens with zero attached hydrogens (tertiary/aromatic N) is 4. The van der Waals surface area contributed by atoms with Crippen LogP contribution in [0.1, 0.15) is 71.9 Å². The first kappa shape index (κ1) is 32.3. The second-order valence-electron chi connectivity index (χ2n) is 11.5. The minimum absolute atomic E-state index is 0.0356. The fourth-order valence-electron chi connectivity index (χ4n) is 6.03. The maximum atomic E-state index is 14.6. The fourth-order valence-corrected chi connectivity index (χ4v) is 6.03. The minimum atomic E-state index is -4.55. The molecule has 9 heteroatoms. The van der Waals surface area contributed by atoms with Crippen molar-refractivity contribution in [3.63, 3.8) is 0 Å². The van der Waals surface area contributed by atoms with E-state index in [2.05, 4.69) is 23.6 Å². The molecule has 6 nitrogen and oxygen atoms in total. The van der Waals surface area contributed by atoms with E-state index in [1.807, 2.05) is 39.8 Å². The highest BCUT2D eigenvalue weighted by Crippen LogP contribution is 2.46. The number of halogens is 3. The van der Waals surface area contributed by atoms with Gasteiger partial charge in [0, 0.05) is 49.1 Å². The van der Waals surface area contributed by atoms with Crippen LogP contribution >= 0.6 is 0 Å². The summed E-state index contributed by atoms with van der Waals surface area (Å²) in [4.78, 5) is 4.46. The molecule has 0 aliphatic carbocycles. The van der Waals surface area contributed by atoms with Gasteiger partial charge in [-0.25, -0.2) is 5.01 Å². The van der Waals surface area contributed by atoms with Gasteiger partial charge in [0.05, 0.1) is 42.6 Å². The number of alkyl halides is 3. The molecule has 0 spiro atoms. The first-order valence-electron chi connectivity index (χ1n) is 15.3. The van der Waals surface area contributed by atoms with Crippen LogP contribution < -0.4 is 19.4 Å². The summed E-state index contributed by atoms with van der Waals surface area (Å²) in [6, 6.07) is 9.98. The van der Waals surface area contributed by atoms with Crippen molar-refractivity contribution < 1.29 is 22.6 Å². The number of allylic oxidation sites excluding steroid dienone is 1. The zero-order valence-electron chi connectivity index (χ0n) is 26.7. The summed E-state index contributed by atoms with van der Waals surface area (Å²) < 4.78 is 54.9. The highest BCUT2D eigenvalue weighted by Gasteiger charge is 2.41. The average molecular weight is 599 g/mol. The van der Waals surface area contributed by atoms with E-state index in [0.717, 1.165) is 73.5 Å². The zero-order chi connectivity index (χ0) is 31.5. The van der Waals surface area contributed by atoms with Gasteiger partial charge in [-0.3, -0.25) is 0 Å². The normalized spacial score (nSPS) is 16.8. The molecule has 0 bridgehead atoms.